The lowest BCUT2D eigenvalue weighted by molar-refractivity contribution is -0.122. The number of methoxy groups -OCH3 is 3. The molecule has 6 heteroatoms. The zero-order valence-corrected chi connectivity index (χ0v) is 17.4. The topological polar surface area (TPSA) is 73.9 Å². The minimum absolute atomic E-state index is 0.0100. The Morgan fingerprint density at radius 1 is 0.833 bits per heavy atom. The number of ketones is 1. The Bertz CT molecular complexity index is 1030. The summed E-state index contributed by atoms with van der Waals surface area (Å²) in [7, 11) is 4.78. The lowest BCUT2D eigenvalue weighted by Gasteiger charge is -2.34. The summed E-state index contributed by atoms with van der Waals surface area (Å²) in [6.45, 7) is 0. The summed E-state index contributed by atoms with van der Waals surface area (Å²) in [4.78, 5) is 25.7. The summed E-state index contributed by atoms with van der Waals surface area (Å²) in [5.41, 5.74) is 3.36. The lowest BCUT2D eigenvalue weighted by atomic mass is 9.73. The second-order valence-corrected chi connectivity index (χ2v) is 7.62. The largest absolute Gasteiger partial charge is 0.497 e. The van der Waals surface area contributed by atoms with E-state index in [0.29, 0.717) is 29.9 Å². The van der Waals surface area contributed by atoms with Crippen LogP contribution in [-0.4, -0.2) is 33.0 Å². The van der Waals surface area contributed by atoms with E-state index in [1.165, 1.54) is 0 Å². The molecule has 4 rings (SSSR count). The Hall–Kier alpha value is -3.28. The Morgan fingerprint density at radius 3 is 2.37 bits per heavy atom. The maximum atomic E-state index is 13.2. The molecule has 0 aromatic heterocycles. The normalized spacial score (nSPS) is 21.0. The SMILES string of the molecule is COc1cccc([C@H]2CC(=O)C3=C(C2)NC(=O)C[C@H]3c2ccc(OC)c(OC)c2)c1. The molecule has 2 aromatic rings. The first-order valence-corrected chi connectivity index (χ1v) is 9.96. The van der Waals surface area contributed by atoms with Gasteiger partial charge in [0.05, 0.1) is 21.3 Å². The van der Waals surface area contributed by atoms with E-state index in [1.54, 1.807) is 21.3 Å². The first-order chi connectivity index (χ1) is 14.5. The fraction of sp³-hybridized carbons (Fsp3) is 0.333. The number of hydrogen-bond donors (Lipinski definition) is 1. The van der Waals surface area contributed by atoms with Crippen LogP contribution < -0.4 is 19.5 Å². The van der Waals surface area contributed by atoms with Crippen molar-refractivity contribution in [3.8, 4) is 17.2 Å². The highest BCUT2D eigenvalue weighted by molar-refractivity contribution is 6.02. The van der Waals surface area contributed by atoms with Gasteiger partial charge in [0.15, 0.2) is 17.3 Å². The van der Waals surface area contributed by atoms with Crippen molar-refractivity contribution >= 4 is 11.7 Å². The van der Waals surface area contributed by atoms with Crippen LogP contribution in [-0.2, 0) is 9.59 Å². The average Bonchev–Trinajstić information content (AvgIpc) is 2.77. The van der Waals surface area contributed by atoms with Gasteiger partial charge in [-0.15, -0.1) is 0 Å². The number of benzene rings is 2. The summed E-state index contributed by atoms with van der Waals surface area (Å²) in [5.74, 6) is 1.68. The Morgan fingerprint density at radius 2 is 1.63 bits per heavy atom. The van der Waals surface area contributed by atoms with Gasteiger partial charge in [-0.2, -0.15) is 0 Å². The highest BCUT2D eigenvalue weighted by Gasteiger charge is 2.38. The Balaban J connectivity index is 1.70. The van der Waals surface area contributed by atoms with Crippen molar-refractivity contribution in [1.29, 1.82) is 0 Å². The van der Waals surface area contributed by atoms with Gasteiger partial charge in [0.2, 0.25) is 5.91 Å². The average molecular weight is 407 g/mol. The van der Waals surface area contributed by atoms with Crippen LogP contribution in [0.5, 0.6) is 17.2 Å². The number of nitrogens with one attached hydrogen (secondary N) is 1. The molecule has 2 aromatic carbocycles. The van der Waals surface area contributed by atoms with Crippen molar-refractivity contribution < 1.29 is 23.8 Å². The summed E-state index contributed by atoms with van der Waals surface area (Å²) >= 11 is 0. The third-order valence-corrected chi connectivity index (χ3v) is 5.91. The fourth-order valence-electron chi connectivity index (χ4n) is 4.45. The molecule has 2 aliphatic rings. The quantitative estimate of drug-likeness (QED) is 0.818. The molecule has 1 aliphatic heterocycles. The molecule has 1 aliphatic carbocycles. The van der Waals surface area contributed by atoms with Gasteiger partial charge in [-0.3, -0.25) is 9.59 Å². The number of carbonyl (C=O) groups excluding carboxylic acids is 2. The van der Waals surface area contributed by atoms with Gasteiger partial charge in [-0.25, -0.2) is 0 Å². The second-order valence-electron chi connectivity index (χ2n) is 7.62. The highest BCUT2D eigenvalue weighted by Crippen LogP contribution is 2.44. The standard InChI is InChI=1S/C24H25NO5/c1-28-17-6-4-5-14(9-17)16-10-19-24(20(26)11-16)18(13-23(27)25-19)15-7-8-21(29-2)22(12-15)30-3/h4-9,12,16,18H,10-11,13H2,1-3H3,(H,25,27)/t16-,18+/m1/s1. The molecule has 0 unspecified atom stereocenters. The van der Waals surface area contributed by atoms with Gasteiger partial charge in [0, 0.05) is 30.0 Å². The molecule has 0 bridgehead atoms. The predicted octanol–water partition coefficient (Wildman–Crippen LogP) is 3.72. The molecule has 0 radical (unpaired) electrons. The monoisotopic (exact) mass is 407 g/mol. The molecule has 0 spiro atoms. The number of hydrogen-bond acceptors (Lipinski definition) is 5. The third-order valence-electron chi connectivity index (χ3n) is 5.91. The number of ether oxygens (including phenoxy) is 3. The highest BCUT2D eigenvalue weighted by atomic mass is 16.5. The molecule has 156 valence electrons. The molecule has 6 nitrogen and oxygen atoms in total. The third kappa shape index (κ3) is 3.65. The van der Waals surface area contributed by atoms with Crippen LogP contribution in [0.4, 0.5) is 0 Å². The number of Topliss-reactive ketones (excluding diaryl/α,β-unsaturated/α-hetero) is 1. The van der Waals surface area contributed by atoms with Gasteiger partial charge in [-0.05, 0) is 47.7 Å². The minimum Gasteiger partial charge on any atom is -0.497 e. The van der Waals surface area contributed by atoms with E-state index in [4.69, 9.17) is 14.2 Å². The van der Waals surface area contributed by atoms with E-state index >= 15 is 0 Å². The van der Waals surface area contributed by atoms with Gasteiger partial charge >= 0.3 is 0 Å². The van der Waals surface area contributed by atoms with E-state index in [-0.39, 0.29) is 29.9 Å². The Labute approximate surface area is 175 Å². The van der Waals surface area contributed by atoms with Crippen LogP contribution in [0, 0.1) is 0 Å². The molecule has 1 amide bonds. The van der Waals surface area contributed by atoms with Crippen LogP contribution in [0.25, 0.3) is 0 Å². The summed E-state index contributed by atoms with van der Waals surface area (Å²) in [5, 5.41) is 2.96. The van der Waals surface area contributed by atoms with Crippen molar-refractivity contribution in [3.05, 3.63) is 64.9 Å². The number of amides is 1. The number of carbonyl (C=O) groups is 2. The first kappa shape index (κ1) is 20.0. The summed E-state index contributed by atoms with van der Waals surface area (Å²) < 4.78 is 16.1. The smallest absolute Gasteiger partial charge is 0.225 e. The Kier molecular flexibility index (Phi) is 5.48. The van der Waals surface area contributed by atoms with E-state index in [1.807, 2.05) is 42.5 Å². The van der Waals surface area contributed by atoms with Crippen molar-refractivity contribution in [2.75, 3.05) is 21.3 Å². The van der Waals surface area contributed by atoms with E-state index in [9.17, 15) is 9.59 Å². The van der Waals surface area contributed by atoms with Crippen molar-refractivity contribution in [2.24, 2.45) is 0 Å². The van der Waals surface area contributed by atoms with Gasteiger partial charge in [0.1, 0.15) is 5.75 Å². The molecule has 0 fully saturated rings. The van der Waals surface area contributed by atoms with Gasteiger partial charge in [-0.1, -0.05) is 18.2 Å². The zero-order chi connectivity index (χ0) is 21.3. The van der Waals surface area contributed by atoms with E-state index in [2.05, 4.69) is 5.32 Å². The number of allylic oxidation sites excluding steroid dienone is 2. The predicted molar refractivity (Wildman–Crippen MR) is 112 cm³/mol. The molecule has 1 N–H and O–H groups in total. The van der Waals surface area contributed by atoms with Crippen molar-refractivity contribution in [2.45, 2.75) is 31.1 Å². The van der Waals surface area contributed by atoms with Crippen LogP contribution in [0.3, 0.4) is 0 Å². The number of rotatable bonds is 5. The zero-order valence-electron chi connectivity index (χ0n) is 17.4. The molecule has 0 saturated carbocycles. The summed E-state index contributed by atoms with van der Waals surface area (Å²) in [6, 6.07) is 13.3. The van der Waals surface area contributed by atoms with Gasteiger partial charge < -0.3 is 19.5 Å². The molecular weight excluding hydrogens is 382 g/mol. The fourth-order valence-corrected chi connectivity index (χ4v) is 4.45. The molecule has 1 heterocycles. The molecule has 30 heavy (non-hydrogen) atoms. The van der Waals surface area contributed by atoms with Crippen LogP contribution in [0.1, 0.15) is 42.2 Å². The van der Waals surface area contributed by atoms with Crippen molar-refractivity contribution in [1.82, 2.24) is 5.32 Å². The van der Waals surface area contributed by atoms with Crippen LogP contribution in [0.15, 0.2) is 53.7 Å². The minimum atomic E-state index is -0.285. The molecule has 0 saturated heterocycles. The van der Waals surface area contributed by atoms with E-state index < -0.39 is 0 Å². The van der Waals surface area contributed by atoms with E-state index in [0.717, 1.165) is 22.6 Å². The first-order valence-electron chi connectivity index (χ1n) is 9.96. The van der Waals surface area contributed by atoms with Crippen LogP contribution >= 0.6 is 0 Å². The van der Waals surface area contributed by atoms with Gasteiger partial charge in [0.25, 0.3) is 0 Å². The summed E-state index contributed by atoms with van der Waals surface area (Å²) in [6.07, 6.45) is 1.26. The second kappa shape index (κ2) is 8.22. The lowest BCUT2D eigenvalue weighted by Crippen LogP contribution is -2.38. The maximum Gasteiger partial charge on any atom is 0.225 e. The van der Waals surface area contributed by atoms with Crippen LogP contribution in [0.2, 0.25) is 0 Å². The molecule has 2 atom stereocenters. The maximum absolute atomic E-state index is 13.2. The molecular formula is C24H25NO5. The van der Waals surface area contributed by atoms with Crippen molar-refractivity contribution in [3.63, 3.8) is 0 Å².